The summed E-state index contributed by atoms with van der Waals surface area (Å²) in [6.07, 6.45) is 2.98. The first-order chi connectivity index (χ1) is 12.5. The number of nitrogens with one attached hydrogen (secondary N) is 1. The Labute approximate surface area is 153 Å². The van der Waals surface area contributed by atoms with E-state index in [4.69, 9.17) is 11.5 Å². The number of hydrogen-bond donors (Lipinski definition) is 3. The number of amides is 2. The van der Waals surface area contributed by atoms with Crippen molar-refractivity contribution in [3.8, 4) is 0 Å². The molecule has 130 valence electrons. The number of nitrogen functional groups attached to an aromatic ring is 1. The summed E-state index contributed by atoms with van der Waals surface area (Å²) in [6, 6.07) is 11.9. The van der Waals surface area contributed by atoms with Crippen molar-refractivity contribution in [3.05, 3.63) is 66.1 Å². The van der Waals surface area contributed by atoms with E-state index in [1.165, 1.54) is 6.20 Å². The van der Waals surface area contributed by atoms with Gasteiger partial charge < -0.3 is 16.8 Å². The van der Waals surface area contributed by atoms with E-state index in [0.29, 0.717) is 21.3 Å². The van der Waals surface area contributed by atoms with Gasteiger partial charge in [0.25, 0.3) is 5.91 Å². The van der Waals surface area contributed by atoms with Gasteiger partial charge in [-0.05, 0) is 24.3 Å². The molecule has 0 unspecified atom stereocenters. The van der Waals surface area contributed by atoms with Crippen molar-refractivity contribution in [3.63, 3.8) is 0 Å². The van der Waals surface area contributed by atoms with E-state index in [0.717, 1.165) is 11.8 Å². The van der Waals surface area contributed by atoms with Gasteiger partial charge >= 0.3 is 0 Å². The minimum atomic E-state index is -0.551. The Morgan fingerprint density at radius 1 is 1.04 bits per heavy atom. The van der Waals surface area contributed by atoms with Crippen molar-refractivity contribution in [2.45, 2.75) is 9.92 Å². The van der Waals surface area contributed by atoms with Gasteiger partial charge in [0.05, 0.1) is 11.8 Å². The molecule has 2 aromatic heterocycles. The van der Waals surface area contributed by atoms with E-state index >= 15 is 0 Å². The molecular formula is C17H14N6O2S. The van der Waals surface area contributed by atoms with Gasteiger partial charge in [0.2, 0.25) is 5.91 Å². The number of primary amides is 1. The van der Waals surface area contributed by atoms with E-state index in [9.17, 15) is 9.59 Å². The zero-order valence-corrected chi connectivity index (χ0v) is 14.2. The third kappa shape index (κ3) is 3.95. The fourth-order valence-electron chi connectivity index (χ4n) is 2.08. The van der Waals surface area contributed by atoms with E-state index in [1.54, 1.807) is 48.7 Å². The Bertz CT molecular complexity index is 964. The molecule has 8 nitrogen and oxygen atoms in total. The van der Waals surface area contributed by atoms with Crippen LogP contribution in [0.3, 0.4) is 0 Å². The van der Waals surface area contributed by atoms with Gasteiger partial charge in [0.15, 0.2) is 11.5 Å². The minimum Gasteiger partial charge on any atom is -0.382 e. The Morgan fingerprint density at radius 2 is 1.81 bits per heavy atom. The summed E-state index contributed by atoms with van der Waals surface area (Å²) in [5.41, 5.74) is 11.5. The van der Waals surface area contributed by atoms with Crippen LogP contribution in [-0.4, -0.2) is 26.8 Å². The summed E-state index contributed by atoms with van der Waals surface area (Å²) >= 11 is 1.16. The number of hydrogen-bond acceptors (Lipinski definition) is 7. The van der Waals surface area contributed by atoms with E-state index in [2.05, 4.69) is 20.3 Å². The monoisotopic (exact) mass is 366 g/mol. The quantitative estimate of drug-likeness (QED) is 0.627. The number of nitrogens with zero attached hydrogens (tertiary/aromatic N) is 3. The molecule has 0 bridgehead atoms. The number of aromatic nitrogens is 3. The van der Waals surface area contributed by atoms with Gasteiger partial charge in [0, 0.05) is 11.1 Å². The Morgan fingerprint density at radius 3 is 2.54 bits per heavy atom. The van der Waals surface area contributed by atoms with Gasteiger partial charge in [-0.1, -0.05) is 30.0 Å². The highest BCUT2D eigenvalue weighted by atomic mass is 32.2. The standard InChI is InChI=1S/C17H14N6O2S/c18-15-14(17(25)22-12-7-3-4-8-20-12)23-13(9-21-15)26-11-6-2-1-5-10(11)16(19)24/h1-9H,(H2,18,21)(H2,19,24)(H,20,22,25). The molecule has 0 radical (unpaired) electrons. The van der Waals surface area contributed by atoms with Crippen LogP contribution in [0.5, 0.6) is 0 Å². The largest absolute Gasteiger partial charge is 0.382 e. The molecule has 0 aliphatic carbocycles. The summed E-state index contributed by atoms with van der Waals surface area (Å²) in [4.78, 5) is 36.8. The molecule has 2 amide bonds. The smallest absolute Gasteiger partial charge is 0.279 e. The summed E-state index contributed by atoms with van der Waals surface area (Å²) in [6.45, 7) is 0. The Kier molecular flexibility index (Phi) is 5.09. The van der Waals surface area contributed by atoms with Crippen LogP contribution in [-0.2, 0) is 0 Å². The van der Waals surface area contributed by atoms with Gasteiger partial charge in [-0.3, -0.25) is 9.59 Å². The molecule has 26 heavy (non-hydrogen) atoms. The molecule has 5 N–H and O–H groups in total. The van der Waals surface area contributed by atoms with E-state index < -0.39 is 11.8 Å². The van der Waals surface area contributed by atoms with Crippen LogP contribution >= 0.6 is 11.8 Å². The molecule has 2 heterocycles. The summed E-state index contributed by atoms with van der Waals surface area (Å²) in [5.74, 6) is -0.717. The highest BCUT2D eigenvalue weighted by Gasteiger charge is 2.16. The molecule has 0 saturated heterocycles. The summed E-state index contributed by atoms with van der Waals surface area (Å²) in [5, 5.41) is 3.01. The number of benzene rings is 1. The average Bonchev–Trinajstić information content (AvgIpc) is 2.64. The third-order valence-electron chi connectivity index (χ3n) is 3.27. The number of nitrogens with two attached hydrogens (primary N) is 2. The molecule has 9 heteroatoms. The minimum absolute atomic E-state index is 0.00836. The van der Waals surface area contributed by atoms with Crippen molar-refractivity contribution >= 4 is 35.2 Å². The normalized spacial score (nSPS) is 10.3. The van der Waals surface area contributed by atoms with Crippen molar-refractivity contribution in [2.75, 3.05) is 11.1 Å². The van der Waals surface area contributed by atoms with Crippen molar-refractivity contribution < 1.29 is 9.59 Å². The lowest BCUT2D eigenvalue weighted by atomic mass is 10.2. The van der Waals surface area contributed by atoms with Crippen LogP contribution in [0.25, 0.3) is 0 Å². The molecule has 3 aromatic rings. The Balaban J connectivity index is 1.86. The van der Waals surface area contributed by atoms with Crippen molar-refractivity contribution in [1.82, 2.24) is 15.0 Å². The molecule has 3 rings (SSSR count). The van der Waals surface area contributed by atoms with Crippen LogP contribution in [0.15, 0.2) is 64.8 Å². The fourth-order valence-corrected chi connectivity index (χ4v) is 2.98. The first-order valence-corrected chi connectivity index (χ1v) is 8.28. The predicted molar refractivity (Wildman–Crippen MR) is 97.7 cm³/mol. The molecule has 0 atom stereocenters. The first kappa shape index (κ1) is 17.4. The van der Waals surface area contributed by atoms with Crippen LogP contribution in [0, 0.1) is 0 Å². The van der Waals surface area contributed by atoms with Gasteiger partial charge in [0.1, 0.15) is 10.8 Å². The zero-order valence-electron chi connectivity index (χ0n) is 13.4. The maximum atomic E-state index is 12.4. The average molecular weight is 366 g/mol. The maximum absolute atomic E-state index is 12.4. The number of anilines is 2. The lowest BCUT2D eigenvalue weighted by Gasteiger charge is -2.09. The lowest BCUT2D eigenvalue weighted by Crippen LogP contribution is -2.18. The van der Waals surface area contributed by atoms with E-state index in [-0.39, 0.29) is 11.5 Å². The third-order valence-corrected chi connectivity index (χ3v) is 4.25. The predicted octanol–water partition coefficient (Wildman–Crippen LogP) is 1.96. The number of pyridine rings is 1. The first-order valence-electron chi connectivity index (χ1n) is 7.46. The second-order valence-electron chi connectivity index (χ2n) is 5.07. The van der Waals surface area contributed by atoms with Crippen LogP contribution in [0.1, 0.15) is 20.8 Å². The molecule has 0 fully saturated rings. The van der Waals surface area contributed by atoms with Crippen molar-refractivity contribution in [1.29, 1.82) is 0 Å². The maximum Gasteiger partial charge on any atom is 0.279 e. The lowest BCUT2D eigenvalue weighted by molar-refractivity contribution is 0.0994. The molecule has 0 saturated carbocycles. The van der Waals surface area contributed by atoms with Crippen LogP contribution < -0.4 is 16.8 Å². The second-order valence-corrected chi connectivity index (χ2v) is 6.14. The fraction of sp³-hybridized carbons (Fsp3) is 0. The van der Waals surface area contributed by atoms with Gasteiger partial charge in [-0.2, -0.15) is 0 Å². The highest BCUT2D eigenvalue weighted by Crippen LogP contribution is 2.29. The van der Waals surface area contributed by atoms with Crippen molar-refractivity contribution in [2.24, 2.45) is 5.73 Å². The van der Waals surface area contributed by atoms with Gasteiger partial charge in [-0.15, -0.1) is 0 Å². The number of rotatable bonds is 5. The molecule has 0 spiro atoms. The molecule has 0 aliphatic heterocycles. The van der Waals surface area contributed by atoms with Crippen LogP contribution in [0.4, 0.5) is 11.6 Å². The number of carbonyl (C=O) groups is 2. The van der Waals surface area contributed by atoms with Gasteiger partial charge in [-0.25, -0.2) is 15.0 Å². The molecule has 1 aromatic carbocycles. The zero-order chi connectivity index (χ0) is 18.5. The Hall–Kier alpha value is -3.46. The molecule has 0 aliphatic rings. The molecular weight excluding hydrogens is 352 g/mol. The summed E-state index contributed by atoms with van der Waals surface area (Å²) in [7, 11) is 0. The van der Waals surface area contributed by atoms with Crippen LogP contribution in [0.2, 0.25) is 0 Å². The SMILES string of the molecule is NC(=O)c1ccccc1Sc1cnc(N)c(C(=O)Nc2ccccn2)n1. The second kappa shape index (κ2) is 7.62. The number of carbonyl (C=O) groups excluding carboxylic acids is 2. The highest BCUT2D eigenvalue weighted by molar-refractivity contribution is 7.99. The topological polar surface area (TPSA) is 137 Å². The summed E-state index contributed by atoms with van der Waals surface area (Å²) < 4.78 is 0. The van der Waals surface area contributed by atoms with E-state index in [1.807, 2.05) is 0 Å².